The van der Waals surface area contributed by atoms with Crippen molar-refractivity contribution in [2.24, 2.45) is 0 Å². The van der Waals surface area contributed by atoms with Crippen LogP contribution < -0.4 is 4.90 Å². The average molecular weight is 427 g/mol. The maximum Gasteiger partial charge on any atom is 0.415 e. The smallest absolute Gasteiger partial charge is 0.415 e. The van der Waals surface area contributed by atoms with Crippen LogP contribution >= 0.6 is 0 Å². The van der Waals surface area contributed by atoms with E-state index in [0.29, 0.717) is 23.2 Å². The van der Waals surface area contributed by atoms with E-state index in [0.717, 1.165) is 0 Å². The van der Waals surface area contributed by atoms with Gasteiger partial charge in [-0.05, 0) is 53.6 Å². The third kappa shape index (κ3) is 4.14. The first-order chi connectivity index (χ1) is 14.9. The monoisotopic (exact) mass is 427 g/mol. The molecule has 1 atom stereocenters. The predicted molar refractivity (Wildman–Crippen MR) is 110 cm³/mol. The highest BCUT2D eigenvalue weighted by atomic mass is 19.1. The van der Waals surface area contributed by atoms with Crippen LogP contribution in [0.1, 0.15) is 18.4 Å². The first kappa shape index (κ1) is 20.9. The Bertz CT molecular complexity index is 1090. The van der Waals surface area contributed by atoms with Crippen LogP contribution in [0, 0.1) is 17.5 Å². The Kier molecular flexibility index (Phi) is 5.69. The maximum absolute atomic E-state index is 14.4. The molecule has 1 fully saturated rings. The summed E-state index contributed by atoms with van der Waals surface area (Å²) in [5, 5.41) is 9.53. The van der Waals surface area contributed by atoms with Crippen LogP contribution in [0.25, 0.3) is 11.1 Å². The number of hydrogen-bond donors (Lipinski definition) is 1. The van der Waals surface area contributed by atoms with Crippen molar-refractivity contribution in [2.75, 3.05) is 18.1 Å². The molecule has 3 aromatic carbocycles. The zero-order chi connectivity index (χ0) is 22.0. The molecule has 1 aliphatic heterocycles. The van der Waals surface area contributed by atoms with Gasteiger partial charge in [-0.2, -0.15) is 0 Å². The highest BCUT2D eigenvalue weighted by Gasteiger charge is 2.42. The van der Waals surface area contributed by atoms with E-state index in [2.05, 4.69) is 0 Å². The summed E-state index contributed by atoms with van der Waals surface area (Å²) in [4.78, 5) is 14.3. The van der Waals surface area contributed by atoms with E-state index in [4.69, 9.17) is 4.74 Å². The van der Waals surface area contributed by atoms with Gasteiger partial charge < -0.3 is 9.84 Å². The second kappa shape index (κ2) is 8.43. The molecule has 7 heteroatoms. The van der Waals surface area contributed by atoms with Gasteiger partial charge in [0.25, 0.3) is 0 Å². The van der Waals surface area contributed by atoms with Crippen molar-refractivity contribution >= 4 is 11.8 Å². The minimum atomic E-state index is -1.07. The minimum Gasteiger partial charge on any atom is -0.437 e. The number of ether oxygens (including phenoxy) is 1. The summed E-state index contributed by atoms with van der Waals surface area (Å²) in [5.41, 5.74) is 0.670. The first-order valence-electron chi connectivity index (χ1n) is 9.85. The molecule has 31 heavy (non-hydrogen) atoms. The van der Waals surface area contributed by atoms with E-state index in [1.807, 2.05) is 0 Å². The van der Waals surface area contributed by atoms with Crippen molar-refractivity contribution < 1.29 is 27.8 Å². The molecule has 0 unspecified atom stereocenters. The number of carbonyl (C=O) groups is 1. The second-order valence-corrected chi connectivity index (χ2v) is 7.42. The highest BCUT2D eigenvalue weighted by molar-refractivity contribution is 5.90. The molecule has 0 spiro atoms. The Hall–Kier alpha value is -3.32. The number of rotatable bonds is 5. The Morgan fingerprint density at radius 1 is 0.935 bits per heavy atom. The number of aliphatic hydroxyl groups excluding tert-OH is 1. The normalized spacial score (nSPS) is 18.7. The van der Waals surface area contributed by atoms with Gasteiger partial charge in [0.15, 0.2) is 0 Å². The fourth-order valence-corrected chi connectivity index (χ4v) is 3.88. The predicted octanol–water partition coefficient (Wildman–Crippen LogP) is 5.40. The number of amides is 1. The van der Waals surface area contributed by atoms with E-state index in [1.54, 1.807) is 12.1 Å². The third-order valence-electron chi connectivity index (χ3n) is 5.55. The molecule has 4 rings (SSSR count). The van der Waals surface area contributed by atoms with Crippen LogP contribution in [0.15, 0.2) is 66.7 Å². The van der Waals surface area contributed by atoms with Crippen LogP contribution in [0.2, 0.25) is 0 Å². The Morgan fingerprint density at radius 3 is 2.19 bits per heavy atom. The summed E-state index contributed by atoms with van der Waals surface area (Å²) in [6.07, 6.45) is -0.128. The molecule has 1 N–H and O–H groups in total. The van der Waals surface area contributed by atoms with Gasteiger partial charge in [-0.15, -0.1) is 0 Å². The van der Waals surface area contributed by atoms with Crippen LogP contribution in [0.4, 0.5) is 23.7 Å². The van der Waals surface area contributed by atoms with E-state index < -0.39 is 29.1 Å². The van der Waals surface area contributed by atoms with Gasteiger partial charge in [0.2, 0.25) is 0 Å². The Balaban J connectivity index is 1.63. The topological polar surface area (TPSA) is 49.8 Å². The number of anilines is 1. The van der Waals surface area contributed by atoms with Gasteiger partial charge in [-0.25, -0.2) is 18.0 Å². The fourth-order valence-electron chi connectivity index (χ4n) is 3.88. The summed E-state index contributed by atoms with van der Waals surface area (Å²) in [7, 11) is 0. The van der Waals surface area contributed by atoms with Crippen molar-refractivity contribution in [3.8, 4) is 11.1 Å². The summed E-state index contributed by atoms with van der Waals surface area (Å²) in [5.74, 6) is -1.34. The molecule has 1 aliphatic rings. The average Bonchev–Trinajstić information content (AvgIpc) is 2.76. The van der Waals surface area contributed by atoms with Crippen molar-refractivity contribution in [1.29, 1.82) is 0 Å². The lowest BCUT2D eigenvalue weighted by molar-refractivity contribution is -0.0258. The van der Waals surface area contributed by atoms with E-state index in [9.17, 15) is 23.1 Å². The van der Waals surface area contributed by atoms with E-state index in [1.165, 1.54) is 59.5 Å². The summed E-state index contributed by atoms with van der Waals surface area (Å²) >= 11 is 0. The molecule has 3 aromatic rings. The first-order valence-corrected chi connectivity index (χ1v) is 9.85. The number of halogens is 3. The molecule has 4 nitrogen and oxygen atoms in total. The summed E-state index contributed by atoms with van der Waals surface area (Å²) in [6, 6.07) is 15.3. The molecule has 160 valence electrons. The number of cyclic esters (lactones) is 1. The largest absolute Gasteiger partial charge is 0.437 e. The SMILES string of the molecule is O=C1O[C@@](CCO)(c2ccc(F)cc2)CCN1c1ccc(F)c(-c2ccc(F)cc2)c1. The van der Waals surface area contributed by atoms with Crippen LogP contribution in [-0.4, -0.2) is 24.4 Å². The summed E-state index contributed by atoms with van der Waals surface area (Å²) < 4.78 is 46.7. The summed E-state index contributed by atoms with van der Waals surface area (Å²) in [6.45, 7) is 0.0423. The standard InChI is InChI=1S/C24H20F3NO3/c25-18-5-1-16(2-6-18)21-15-20(9-10-22(21)27)28-13-11-24(12-14-29,31-23(28)30)17-3-7-19(26)8-4-17/h1-10,15,29H,11-14H2/t24-/m0/s1. The number of hydrogen-bond acceptors (Lipinski definition) is 3. The quantitative estimate of drug-likeness (QED) is 0.594. The molecule has 1 saturated heterocycles. The van der Waals surface area contributed by atoms with Crippen LogP contribution in [0.5, 0.6) is 0 Å². The van der Waals surface area contributed by atoms with Crippen molar-refractivity contribution in [1.82, 2.24) is 0 Å². The van der Waals surface area contributed by atoms with E-state index >= 15 is 0 Å². The molecule has 0 bridgehead atoms. The Labute approximate surface area is 177 Å². The highest BCUT2D eigenvalue weighted by Crippen LogP contribution is 2.39. The number of nitrogens with zero attached hydrogens (tertiary/aromatic N) is 1. The lowest BCUT2D eigenvalue weighted by Crippen LogP contribution is -2.48. The van der Waals surface area contributed by atoms with Gasteiger partial charge >= 0.3 is 6.09 Å². The van der Waals surface area contributed by atoms with Crippen molar-refractivity contribution in [3.63, 3.8) is 0 Å². The maximum atomic E-state index is 14.4. The fraction of sp³-hybridized carbons (Fsp3) is 0.208. The van der Waals surface area contributed by atoms with Gasteiger partial charge in [-0.3, -0.25) is 4.90 Å². The van der Waals surface area contributed by atoms with Gasteiger partial charge in [0.1, 0.15) is 23.1 Å². The second-order valence-electron chi connectivity index (χ2n) is 7.42. The van der Waals surface area contributed by atoms with Crippen LogP contribution in [0.3, 0.4) is 0 Å². The molecule has 0 radical (unpaired) electrons. The molecule has 1 amide bonds. The lowest BCUT2D eigenvalue weighted by Gasteiger charge is -2.41. The van der Waals surface area contributed by atoms with Gasteiger partial charge in [0.05, 0.1) is 0 Å². The molecular formula is C24H20F3NO3. The van der Waals surface area contributed by atoms with Crippen molar-refractivity contribution in [2.45, 2.75) is 18.4 Å². The molecule has 0 aromatic heterocycles. The minimum absolute atomic E-state index is 0.169. The molecular weight excluding hydrogens is 407 g/mol. The zero-order valence-electron chi connectivity index (χ0n) is 16.5. The van der Waals surface area contributed by atoms with Crippen LogP contribution in [-0.2, 0) is 10.3 Å². The lowest BCUT2D eigenvalue weighted by atomic mass is 9.86. The zero-order valence-corrected chi connectivity index (χ0v) is 16.5. The molecule has 0 aliphatic carbocycles. The number of aliphatic hydroxyl groups is 1. The van der Waals surface area contributed by atoms with Gasteiger partial charge in [-0.1, -0.05) is 24.3 Å². The number of carbonyl (C=O) groups excluding carboxylic acids is 1. The number of benzene rings is 3. The molecule has 0 saturated carbocycles. The van der Waals surface area contributed by atoms with Crippen molar-refractivity contribution in [3.05, 3.63) is 89.7 Å². The Morgan fingerprint density at radius 2 is 1.58 bits per heavy atom. The van der Waals surface area contributed by atoms with E-state index in [-0.39, 0.29) is 25.1 Å². The van der Waals surface area contributed by atoms with Gasteiger partial charge in [0, 0.05) is 37.2 Å². The molecule has 1 heterocycles. The third-order valence-corrected chi connectivity index (χ3v) is 5.55.